The lowest BCUT2D eigenvalue weighted by Gasteiger charge is -2.38. The lowest BCUT2D eigenvalue weighted by molar-refractivity contribution is 0.204. The van der Waals surface area contributed by atoms with Crippen LogP contribution in [-0.4, -0.2) is 51.3 Å². The van der Waals surface area contributed by atoms with E-state index in [0.29, 0.717) is 5.92 Å². The molecule has 4 heteroatoms. The first-order valence-electron chi connectivity index (χ1n) is 9.16. The number of anilines is 1. The molecule has 0 amide bonds. The summed E-state index contributed by atoms with van der Waals surface area (Å²) in [6.07, 6.45) is 1.12. The number of piperazine rings is 1. The predicted octanol–water partition coefficient (Wildman–Crippen LogP) is 3.38. The van der Waals surface area contributed by atoms with Crippen molar-refractivity contribution < 1.29 is 9.47 Å². The maximum absolute atomic E-state index is 5.80. The molecule has 2 heterocycles. The maximum Gasteiger partial charge on any atom is 0.122 e. The zero-order chi connectivity index (χ0) is 17.1. The quantitative estimate of drug-likeness (QED) is 0.853. The van der Waals surface area contributed by atoms with Gasteiger partial charge in [0.05, 0.1) is 13.7 Å². The molecular formula is C21H26N2O2. The molecule has 0 bridgehead atoms. The number of hydrogen-bond donors (Lipinski definition) is 0. The SMILES string of the molecule is COc1cccc(N2CCN(CC3CCOc4ccccc43)CC2)c1. The van der Waals surface area contributed by atoms with E-state index in [9.17, 15) is 0 Å². The topological polar surface area (TPSA) is 24.9 Å². The van der Waals surface area contributed by atoms with E-state index in [-0.39, 0.29) is 0 Å². The summed E-state index contributed by atoms with van der Waals surface area (Å²) in [6.45, 7) is 6.32. The average molecular weight is 338 g/mol. The lowest BCUT2D eigenvalue weighted by atomic mass is 9.92. The van der Waals surface area contributed by atoms with Crippen molar-refractivity contribution in [3.05, 3.63) is 54.1 Å². The van der Waals surface area contributed by atoms with Gasteiger partial charge in [0.15, 0.2) is 0 Å². The van der Waals surface area contributed by atoms with Gasteiger partial charge in [-0.05, 0) is 30.2 Å². The number of ether oxygens (including phenoxy) is 2. The molecule has 0 spiro atoms. The number of para-hydroxylation sites is 1. The van der Waals surface area contributed by atoms with E-state index in [1.807, 2.05) is 6.07 Å². The van der Waals surface area contributed by atoms with Crippen molar-refractivity contribution in [3.63, 3.8) is 0 Å². The van der Waals surface area contributed by atoms with Crippen LogP contribution in [0.4, 0.5) is 5.69 Å². The van der Waals surface area contributed by atoms with Gasteiger partial charge in [0.1, 0.15) is 11.5 Å². The van der Waals surface area contributed by atoms with E-state index in [1.165, 1.54) is 11.3 Å². The van der Waals surface area contributed by atoms with Crippen LogP contribution in [0.15, 0.2) is 48.5 Å². The van der Waals surface area contributed by atoms with Crippen molar-refractivity contribution in [2.24, 2.45) is 0 Å². The number of nitrogens with zero attached hydrogens (tertiary/aromatic N) is 2. The van der Waals surface area contributed by atoms with E-state index in [0.717, 1.165) is 57.3 Å². The van der Waals surface area contributed by atoms with Crippen molar-refractivity contribution in [1.29, 1.82) is 0 Å². The minimum atomic E-state index is 0.591. The van der Waals surface area contributed by atoms with Crippen LogP contribution < -0.4 is 14.4 Å². The summed E-state index contributed by atoms with van der Waals surface area (Å²) in [5.74, 6) is 2.60. The van der Waals surface area contributed by atoms with Crippen molar-refractivity contribution in [3.8, 4) is 11.5 Å². The Labute approximate surface area is 150 Å². The van der Waals surface area contributed by atoms with Gasteiger partial charge in [-0.25, -0.2) is 0 Å². The molecule has 4 rings (SSSR count). The molecule has 2 aromatic carbocycles. The van der Waals surface area contributed by atoms with Crippen LogP contribution in [0.2, 0.25) is 0 Å². The van der Waals surface area contributed by atoms with Crippen LogP contribution in [0.5, 0.6) is 11.5 Å². The number of rotatable bonds is 4. The monoisotopic (exact) mass is 338 g/mol. The highest BCUT2D eigenvalue weighted by Crippen LogP contribution is 2.34. The third kappa shape index (κ3) is 3.59. The molecular weight excluding hydrogens is 312 g/mol. The molecule has 25 heavy (non-hydrogen) atoms. The number of fused-ring (bicyclic) bond motifs is 1. The largest absolute Gasteiger partial charge is 0.497 e. The zero-order valence-electron chi connectivity index (χ0n) is 14.9. The Balaban J connectivity index is 1.37. The van der Waals surface area contributed by atoms with Crippen LogP contribution in [0.25, 0.3) is 0 Å². The van der Waals surface area contributed by atoms with E-state index in [2.05, 4.69) is 52.3 Å². The average Bonchev–Trinajstić information content (AvgIpc) is 2.69. The summed E-state index contributed by atoms with van der Waals surface area (Å²) in [5.41, 5.74) is 2.64. The fraction of sp³-hybridized carbons (Fsp3) is 0.429. The molecule has 1 unspecified atom stereocenters. The van der Waals surface area contributed by atoms with Gasteiger partial charge in [-0.15, -0.1) is 0 Å². The second kappa shape index (κ2) is 7.36. The molecule has 132 valence electrons. The standard InChI is InChI=1S/C21H26N2O2/c1-24-19-6-4-5-18(15-19)23-12-10-22(11-13-23)16-17-9-14-25-21-8-3-2-7-20(17)21/h2-8,15,17H,9-14,16H2,1H3. The molecule has 2 aliphatic rings. The van der Waals surface area contributed by atoms with Gasteiger partial charge in [-0.2, -0.15) is 0 Å². The van der Waals surface area contributed by atoms with Crippen LogP contribution >= 0.6 is 0 Å². The minimum absolute atomic E-state index is 0.591. The van der Waals surface area contributed by atoms with Gasteiger partial charge in [0.2, 0.25) is 0 Å². The second-order valence-electron chi connectivity index (χ2n) is 6.86. The van der Waals surface area contributed by atoms with E-state index >= 15 is 0 Å². The van der Waals surface area contributed by atoms with Gasteiger partial charge >= 0.3 is 0 Å². The second-order valence-corrected chi connectivity index (χ2v) is 6.86. The number of hydrogen-bond acceptors (Lipinski definition) is 4. The highest BCUT2D eigenvalue weighted by molar-refractivity contribution is 5.51. The van der Waals surface area contributed by atoms with Crippen LogP contribution in [0.1, 0.15) is 17.9 Å². The summed E-state index contributed by atoms with van der Waals surface area (Å²) in [4.78, 5) is 5.06. The molecule has 1 atom stereocenters. The molecule has 1 saturated heterocycles. The molecule has 1 fully saturated rings. The Morgan fingerprint density at radius 1 is 1.04 bits per heavy atom. The first kappa shape index (κ1) is 16.3. The molecule has 4 nitrogen and oxygen atoms in total. The Morgan fingerprint density at radius 3 is 2.72 bits per heavy atom. The molecule has 0 aliphatic carbocycles. The first-order valence-corrected chi connectivity index (χ1v) is 9.16. The minimum Gasteiger partial charge on any atom is -0.497 e. The summed E-state index contributed by atoms with van der Waals surface area (Å²) in [7, 11) is 1.72. The van der Waals surface area contributed by atoms with E-state index in [4.69, 9.17) is 9.47 Å². The van der Waals surface area contributed by atoms with E-state index in [1.54, 1.807) is 7.11 Å². The molecule has 2 aliphatic heterocycles. The van der Waals surface area contributed by atoms with Crippen LogP contribution in [-0.2, 0) is 0 Å². The summed E-state index contributed by atoms with van der Waals surface area (Å²) < 4.78 is 11.2. The summed E-state index contributed by atoms with van der Waals surface area (Å²) in [6, 6.07) is 16.9. The third-order valence-corrected chi connectivity index (χ3v) is 5.35. The van der Waals surface area contributed by atoms with Crippen molar-refractivity contribution in [1.82, 2.24) is 4.90 Å². The fourth-order valence-corrected chi connectivity index (χ4v) is 3.91. The first-order chi connectivity index (χ1) is 12.3. The van der Waals surface area contributed by atoms with E-state index < -0.39 is 0 Å². The zero-order valence-corrected chi connectivity index (χ0v) is 14.9. The predicted molar refractivity (Wildman–Crippen MR) is 101 cm³/mol. The Bertz CT molecular complexity index is 711. The summed E-state index contributed by atoms with van der Waals surface area (Å²) in [5, 5.41) is 0. The van der Waals surface area contributed by atoms with Gasteiger partial charge in [0, 0.05) is 50.4 Å². The fourth-order valence-electron chi connectivity index (χ4n) is 3.91. The normalized spacial score (nSPS) is 20.7. The Kier molecular flexibility index (Phi) is 4.79. The maximum atomic E-state index is 5.80. The third-order valence-electron chi connectivity index (χ3n) is 5.35. The highest BCUT2D eigenvalue weighted by Gasteiger charge is 2.25. The Morgan fingerprint density at radius 2 is 1.88 bits per heavy atom. The van der Waals surface area contributed by atoms with Gasteiger partial charge < -0.3 is 14.4 Å². The van der Waals surface area contributed by atoms with Crippen molar-refractivity contribution in [2.75, 3.05) is 51.3 Å². The molecule has 0 saturated carbocycles. The van der Waals surface area contributed by atoms with Gasteiger partial charge in [0.25, 0.3) is 0 Å². The van der Waals surface area contributed by atoms with Gasteiger partial charge in [-0.3, -0.25) is 4.90 Å². The molecule has 0 radical (unpaired) electrons. The number of methoxy groups -OCH3 is 1. The van der Waals surface area contributed by atoms with Crippen LogP contribution in [0, 0.1) is 0 Å². The highest BCUT2D eigenvalue weighted by atomic mass is 16.5. The number of benzene rings is 2. The molecule has 0 aromatic heterocycles. The van der Waals surface area contributed by atoms with Gasteiger partial charge in [-0.1, -0.05) is 24.3 Å². The Hall–Kier alpha value is -2.20. The molecule has 2 aromatic rings. The summed E-state index contributed by atoms with van der Waals surface area (Å²) >= 11 is 0. The molecule has 0 N–H and O–H groups in total. The lowest BCUT2D eigenvalue weighted by Crippen LogP contribution is -2.47. The van der Waals surface area contributed by atoms with Crippen molar-refractivity contribution >= 4 is 5.69 Å². The smallest absolute Gasteiger partial charge is 0.122 e. The van der Waals surface area contributed by atoms with Crippen molar-refractivity contribution in [2.45, 2.75) is 12.3 Å². The van der Waals surface area contributed by atoms with Crippen LogP contribution in [0.3, 0.4) is 0 Å².